The zero-order valence-corrected chi connectivity index (χ0v) is 56.0. The molecule has 2 rings (SSSR count). The Hall–Kier alpha value is -2.31. The van der Waals surface area contributed by atoms with E-state index in [9.17, 15) is 45.6 Å². The molecule has 1 amide bonds. The Bertz CT molecular complexity index is 1710. The fraction of sp³-hybridized carbons (Fsp3) is 0.851. The van der Waals surface area contributed by atoms with E-state index in [4.69, 9.17) is 18.9 Å². The lowest BCUT2D eigenvalue weighted by atomic mass is 9.97. The Morgan fingerprint density at radius 2 is 0.784 bits per heavy atom. The molecule has 2 aliphatic rings. The van der Waals surface area contributed by atoms with Gasteiger partial charge in [-0.2, -0.15) is 0 Å². The lowest BCUT2D eigenvalue weighted by molar-refractivity contribution is -0.359. The average Bonchev–Trinajstić information content (AvgIpc) is 2.07. The summed E-state index contributed by atoms with van der Waals surface area (Å²) in [5, 5.41) is 87.5. The van der Waals surface area contributed by atoms with Crippen LogP contribution in [0.2, 0.25) is 0 Å². The van der Waals surface area contributed by atoms with E-state index in [1.807, 2.05) is 6.08 Å². The molecule has 0 aromatic carbocycles. The van der Waals surface area contributed by atoms with Crippen molar-refractivity contribution in [1.82, 2.24) is 5.32 Å². The molecule has 0 aromatic heterocycles. The Labute approximate surface area is 536 Å². The summed E-state index contributed by atoms with van der Waals surface area (Å²) >= 11 is 0. The van der Waals surface area contributed by atoms with Crippen molar-refractivity contribution in [2.75, 3.05) is 19.8 Å². The minimum atomic E-state index is -1.79. The van der Waals surface area contributed by atoms with E-state index in [0.717, 1.165) is 64.2 Å². The average molecular weight is 1250 g/mol. The summed E-state index contributed by atoms with van der Waals surface area (Å²) in [5.41, 5.74) is 0. The molecule has 514 valence electrons. The van der Waals surface area contributed by atoms with Gasteiger partial charge >= 0.3 is 0 Å². The molecule has 0 aromatic rings. The second-order valence-electron chi connectivity index (χ2n) is 25.7. The molecule has 0 radical (unpaired) electrons. The Balaban J connectivity index is 1.63. The van der Waals surface area contributed by atoms with E-state index in [0.29, 0.717) is 6.42 Å². The molecule has 2 heterocycles. The number of aliphatic hydroxyl groups excluding tert-OH is 8. The Morgan fingerprint density at radius 1 is 0.420 bits per heavy atom. The number of rotatable bonds is 60. The molecule has 14 nitrogen and oxygen atoms in total. The molecule has 0 spiro atoms. The molecule has 9 N–H and O–H groups in total. The monoisotopic (exact) mass is 1250 g/mol. The van der Waals surface area contributed by atoms with Crippen LogP contribution in [0.15, 0.2) is 60.8 Å². The molecule has 0 saturated carbocycles. The van der Waals surface area contributed by atoms with Crippen LogP contribution >= 0.6 is 0 Å². The lowest BCUT2D eigenvalue weighted by Gasteiger charge is -2.46. The number of aliphatic hydroxyl groups is 8. The molecule has 14 heteroatoms. The summed E-state index contributed by atoms with van der Waals surface area (Å²) in [5.74, 6) is -0.235. The van der Waals surface area contributed by atoms with Gasteiger partial charge in [-0.25, -0.2) is 0 Å². The van der Waals surface area contributed by atoms with Gasteiger partial charge in [-0.15, -0.1) is 0 Å². The first-order chi connectivity index (χ1) is 43.1. The number of amides is 1. The second-order valence-corrected chi connectivity index (χ2v) is 25.7. The van der Waals surface area contributed by atoms with Crippen molar-refractivity contribution in [2.45, 2.75) is 383 Å². The van der Waals surface area contributed by atoms with E-state index < -0.39 is 86.8 Å². The summed E-state index contributed by atoms with van der Waals surface area (Å²) in [7, 11) is 0. The van der Waals surface area contributed by atoms with Crippen molar-refractivity contribution in [3.05, 3.63) is 60.8 Å². The van der Waals surface area contributed by atoms with Crippen LogP contribution in [0.25, 0.3) is 0 Å². The predicted molar refractivity (Wildman–Crippen MR) is 360 cm³/mol. The van der Waals surface area contributed by atoms with Crippen molar-refractivity contribution < 1.29 is 64.6 Å². The molecule has 88 heavy (non-hydrogen) atoms. The van der Waals surface area contributed by atoms with Gasteiger partial charge in [0.15, 0.2) is 12.6 Å². The van der Waals surface area contributed by atoms with E-state index in [1.165, 1.54) is 218 Å². The van der Waals surface area contributed by atoms with Gasteiger partial charge in [-0.05, 0) is 57.8 Å². The molecule has 12 atom stereocenters. The first-order valence-electron chi connectivity index (χ1n) is 36.5. The highest BCUT2D eigenvalue weighted by atomic mass is 16.7. The third-order valence-electron chi connectivity index (χ3n) is 17.7. The zero-order valence-electron chi connectivity index (χ0n) is 56.0. The van der Waals surface area contributed by atoms with Crippen LogP contribution in [-0.4, -0.2) is 140 Å². The quantitative estimate of drug-likeness (QED) is 0.0204. The van der Waals surface area contributed by atoms with Crippen LogP contribution in [0.5, 0.6) is 0 Å². The van der Waals surface area contributed by atoms with Crippen molar-refractivity contribution in [3.63, 3.8) is 0 Å². The number of unbranched alkanes of at least 4 members (excludes halogenated alkanes) is 39. The highest BCUT2D eigenvalue weighted by molar-refractivity contribution is 5.76. The van der Waals surface area contributed by atoms with Gasteiger partial charge in [0, 0.05) is 6.42 Å². The molecule has 2 aliphatic heterocycles. The predicted octanol–water partition coefficient (Wildman–Crippen LogP) is 15.2. The van der Waals surface area contributed by atoms with Gasteiger partial charge < -0.3 is 65.1 Å². The van der Waals surface area contributed by atoms with Gasteiger partial charge in [0.1, 0.15) is 48.8 Å². The number of hydrogen-bond donors (Lipinski definition) is 9. The van der Waals surface area contributed by atoms with Crippen molar-refractivity contribution in [2.24, 2.45) is 0 Å². The first-order valence-corrected chi connectivity index (χ1v) is 36.5. The minimum absolute atomic E-state index is 0.235. The van der Waals surface area contributed by atoms with Crippen LogP contribution in [-0.2, 0) is 23.7 Å². The maximum atomic E-state index is 13.3. The van der Waals surface area contributed by atoms with E-state index in [1.54, 1.807) is 6.08 Å². The molecule has 0 bridgehead atoms. The van der Waals surface area contributed by atoms with Crippen LogP contribution < -0.4 is 5.32 Å². The molecular weight excluding hydrogens is 1110 g/mol. The van der Waals surface area contributed by atoms with Crippen molar-refractivity contribution >= 4 is 5.91 Å². The maximum absolute atomic E-state index is 13.3. The Kier molecular flexibility index (Phi) is 54.4. The first kappa shape index (κ1) is 81.8. The van der Waals surface area contributed by atoms with Gasteiger partial charge in [0.25, 0.3) is 0 Å². The number of carbonyl (C=O) groups excluding carboxylic acids is 1. The van der Waals surface area contributed by atoms with Crippen molar-refractivity contribution in [1.29, 1.82) is 0 Å². The van der Waals surface area contributed by atoms with E-state index in [2.05, 4.69) is 67.8 Å². The number of carbonyl (C=O) groups is 1. The van der Waals surface area contributed by atoms with Crippen LogP contribution in [0.1, 0.15) is 309 Å². The molecule has 2 fully saturated rings. The number of allylic oxidation sites excluding steroid dienone is 9. The molecular formula is C74H135NO13. The molecule has 2 saturated heterocycles. The number of ether oxygens (including phenoxy) is 4. The molecule has 12 unspecified atom stereocenters. The van der Waals surface area contributed by atoms with Crippen molar-refractivity contribution in [3.8, 4) is 0 Å². The van der Waals surface area contributed by atoms with Gasteiger partial charge in [-0.1, -0.05) is 306 Å². The topological polar surface area (TPSA) is 228 Å². The van der Waals surface area contributed by atoms with E-state index in [-0.39, 0.29) is 18.9 Å². The third kappa shape index (κ3) is 42.0. The Morgan fingerprint density at radius 3 is 1.20 bits per heavy atom. The number of hydrogen-bond acceptors (Lipinski definition) is 13. The SMILES string of the molecule is CC/C=C\C/C=C\C/C=C\C/C=C\CCCCCCCCCCCCCCCCCCCCCCC(=O)NC(COC1OC(CO)C(OC2OC(CO)C(O)C(O)C2O)C(O)C1O)C(O)/C=C/CCCCCCCCCCCCCCCCCCCCC. The summed E-state index contributed by atoms with van der Waals surface area (Å²) in [6.07, 6.45) is 61.4. The second kappa shape index (κ2) is 58.5. The smallest absolute Gasteiger partial charge is 0.220 e. The molecule has 0 aliphatic carbocycles. The van der Waals surface area contributed by atoms with Gasteiger partial charge in [0.05, 0.1) is 32.0 Å². The highest BCUT2D eigenvalue weighted by Gasteiger charge is 2.51. The largest absolute Gasteiger partial charge is 0.394 e. The van der Waals surface area contributed by atoms with Crippen LogP contribution in [0.4, 0.5) is 0 Å². The summed E-state index contributed by atoms with van der Waals surface area (Å²) < 4.78 is 22.9. The van der Waals surface area contributed by atoms with Gasteiger partial charge in [-0.3, -0.25) is 4.79 Å². The van der Waals surface area contributed by atoms with Crippen LogP contribution in [0, 0.1) is 0 Å². The fourth-order valence-electron chi connectivity index (χ4n) is 11.9. The van der Waals surface area contributed by atoms with E-state index >= 15 is 0 Å². The summed E-state index contributed by atoms with van der Waals surface area (Å²) in [6, 6.07) is -0.916. The lowest BCUT2D eigenvalue weighted by Crippen LogP contribution is -2.65. The van der Waals surface area contributed by atoms with Crippen LogP contribution in [0.3, 0.4) is 0 Å². The minimum Gasteiger partial charge on any atom is -0.394 e. The zero-order chi connectivity index (χ0) is 63.8. The summed E-state index contributed by atoms with van der Waals surface area (Å²) in [4.78, 5) is 13.3. The standard InChI is InChI=1S/C74H135NO13/c1-3-5-7-9-11-13-15-17-19-21-23-25-26-27-28-29-30-31-32-33-34-35-36-38-40-42-44-46-48-50-52-54-56-58-66(79)75-62(63(78)57-55-53-51-49-47-45-43-41-39-37-24-22-20-18-16-14-12-10-8-6-4-2)61-85-73-71(84)69(82)72(65(60-77)87-73)88-74-70(83)68(81)67(80)64(59-76)86-74/h5,7,11,13,17,19,23,25,55,57,62-65,67-74,76-78,80-84H,3-4,6,8-10,12,14-16,18,20-22,24,26-54,56,58-61H2,1-2H3,(H,75,79)/b7-5-,13-11-,19-17-,25-23-,57-55+. The number of nitrogens with one attached hydrogen (secondary N) is 1. The highest BCUT2D eigenvalue weighted by Crippen LogP contribution is 2.30. The normalized spacial score (nSPS) is 23.5. The third-order valence-corrected chi connectivity index (χ3v) is 17.7. The maximum Gasteiger partial charge on any atom is 0.220 e. The summed E-state index contributed by atoms with van der Waals surface area (Å²) in [6.45, 7) is 2.73. The fourth-order valence-corrected chi connectivity index (χ4v) is 11.9. The van der Waals surface area contributed by atoms with Gasteiger partial charge in [0.2, 0.25) is 5.91 Å².